The molecule has 102 valence electrons. The summed E-state index contributed by atoms with van der Waals surface area (Å²) in [4.78, 5) is 10.1. The predicted octanol–water partition coefficient (Wildman–Crippen LogP) is 2.70. The van der Waals surface area contributed by atoms with E-state index in [9.17, 15) is 10.1 Å². The Balaban J connectivity index is 1.86. The van der Waals surface area contributed by atoms with Crippen LogP contribution in [0.2, 0.25) is 0 Å². The van der Waals surface area contributed by atoms with E-state index in [4.69, 9.17) is 19.9 Å². The molecule has 0 bridgehead atoms. The fraction of sp³-hybridized carbons (Fsp3) is 0.0769. The molecule has 0 atom stereocenters. The van der Waals surface area contributed by atoms with Crippen LogP contribution >= 0.6 is 0 Å². The molecule has 7 nitrogen and oxygen atoms in total. The van der Waals surface area contributed by atoms with E-state index in [1.54, 1.807) is 18.2 Å². The number of non-ortho nitro benzene ring substituents is 1. The summed E-state index contributed by atoms with van der Waals surface area (Å²) in [6.45, 7) is 0.179. The normalized spacial score (nSPS) is 12.2. The van der Waals surface area contributed by atoms with Crippen molar-refractivity contribution in [3.05, 3.63) is 46.5 Å². The summed E-state index contributed by atoms with van der Waals surface area (Å²) in [6, 6.07) is 9.13. The molecule has 20 heavy (non-hydrogen) atoms. The molecule has 0 saturated carbocycles. The first-order valence-corrected chi connectivity index (χ1v) is 5.75. The fourth-order valence-electron chi connectivity index (χ4n) is 1.81. The summed E-state index contributed by atoms with van der Waals surface area (Å²) >= 11 is 0. The van der Waals surface area contributed by atoms with E-state index >= 15 is 0 Å². The number of ether oxygens (including phenoxy) is 3. The van der Waals surface area contributed by atoms with Crippen molar-refractivity contribution in [1.82, 2.24) is 0 Å². The molecule has 2 N–H and O–H groups in total. The minimum absolute atomic E-state index is 0.0828. The minimum atomic E-state index is -0.513. The third kappa shape index (κ3) is 2.16. The fourth-order valence-corrected chi connectivity index (χ4v) is 1.81. The second kappa shape index (κ2) is 4.61. The summed E-state index contributed by atoms with van der Waals surface area (Å²) in [5, 5.41) is 10.6. The molecule has 7 heteroatoms. The van der Waals surface area contributed by atoms with Gasteiger partial charge in [-0.3, -0.25) is 10.1 Å². The number of hydrogen-bond donors (Lipinski definition) is 1. The van der Waals surface area contributed by atoms with E-state index in [0.29, 0.717) is 23.0 Å². The predicted molar refractivity (Wildman–Crippen MR) is 70.1 cm³/mol. The summed E-state index contributed by atoms with van der Waals surface area (Å²) in [5.74, 6) is 2.08. The number of anilines is 1. The highest BCUT2D eigenvalue weighted by atomic mass is 16.7. The van der Waals surface area contributed by atoms with Crippen LogP contribution in [0, 0.1) is 10.1 Å². The zero-order chi connectivity index (χ0) is 14.1. The van der Waals surface area contributed by atoms with Gasteiger partial charge < -0.3 is 19.9 Å². The summed E-state index contributed by atoms with van der Waals surface area (Å²) in [5.41, 5.74) is 5.84. The van der Waals surface area contributed by atoms with E-state index in [1.807, 2.05) is 0 Å². The Bertz CT molecular complexity index is 686. The van der Waals surface area contributed by atoms with Gasteiger partial charge in [0.2, 0.25) is 6.79 Å². The molecule has 0 aromatic heterocycles. The van der Waals surface area contributed by atoms with Gasteiger partial charge in [-0.1, -0.05) is 0 Å². The van der Waals surface area contributed by atoms with Crippen molar-refractivity contribution >= 4 is 11.4 Å². The van der Waals surface area contributed by atoms with Gasteiger partial charge in [0.05, 0.1) is 10.6 Å². The molecular weight excluding hydrogens is 264 g/mol. The highest BCUT2D eigenvalue weighted by molar-refractivity contribution is 5.60. The quantitative estimate of drug-likeness (QED) is 0.525. The third-order valence-corrected chi connectivity index (χ3v) is 2.78. The van der Waals surface area contributed by atoms with Gasteiger partial charge in [-0.25, -0.2) is 0 Å². The van der Waals surface area contributed by atoms with Crippen molar-refractivity contribution in [2.45, 2.75) is 0 Å². The molecule has 0 saturated heterocycles. The first kappa shape index (κ1) is 12.1. The molecular formula is C13H10N2O5. The second-order valence-corrected chi connectivity index (χ2v) is 4.10. The van der Waals surface area contributed by atoms with Gasteiger partial charge >= 0.3 is 0 Å². The van der Waals surface area contributed by atoms with Gasteiger partial charge in [0.15, 0.2) is 17.2 Å². The number of nitro groups is 1. The zero-order valence-corrected chi connectivity index (χ0v) is 10.2. The molecule has 0 spiro atoms. The maximum atomic E-state index is 10.6. The van der Waals surface area contributed by atoms with Crippen LogP contribution in [-0.4, -0.2) is 11.7 Å². The number of benzene rings is 2. The lowest BCUT2D eigenvalue weighted by Gasteiger charge is -2.08. The van der Waals surface area contributed by atoms with Crippen molar-refractivity contribution in [3.63, 3.8) is 0 Å². The van der Waals surface area contributed by atoms with E-state index < -0.39 is 4.92 Å². The smallest absolute Gasteiger partial charge is 0.271 e. The maximum Gasteiger partial charge on any atom is 0.271 e. The van der Waals surface area contributed by atoms with Gasteiger partial charge in [-0.15, -0.1) is 0 Å². The van der Waals surface area contributed by atoms with Crippen molar-refractivity contribution in [3.8, 4) is 23.0 Å². The number of nitro benzene ring substituents is 1. The lowest BCUT2D eigenvalue weighted by atomic mass is 10.2. The highest BCUT2D eigenvalue weighted by Crippen LogP contribution is 2.38. The number of nitrogens with two attached hydrogens (primary N) is 1. The Morgan fingerprint density at radius 2 is 1.95 bits per heavy atom. The van der Waals surface area contributed by atoms with Gasteiger partial charge in [-0.05, 0) is 18.2 Å². The number of nitrogens with zero attached hydrogens (tertiary/aromatic N) is 1. The summed E-state index contributed by atoms with van der Waals surface area (Å²) < 4.78 is 16.0. The highest BCUT2D eigenvalue weighted by Gasteiger charge is 2.15. The Labute approximate surface area is 113 Å². The van der Waals surface area contributed by atoms with E-state index in [2.05, 4.69) is 0 Å². The molecule has 0 aliphatic carbocycles. The second-order valence-electron chi connectivity index (χ2n) is 4.10. The molecule has 0 fully saturated rings. The average Bonchev–Trinajstić information content (AvgIpc) is 2.88. The maximum absolute atomic E-state index is 10.6. The third-order valence-electron chi connectivity index (χ3n) is 2.78. The van der Waals surface area contributed by atoms with Crippen LogP contribution in [-0.2, 0) is 0 Å². The van der Waals surface area contributed by atoms with Crippen LogP contribution in [0.15, 0.2) is 36.4 Å². The number of hydrogen-bond acceptors (Lipinski definition) is 6. The van der Waals surface area contributed by atoms with Crippen LogP contribution < -0.4 is 19.9 Å². The van der Waals surface area contributed by atoms with Crippen molar-refractivity contribution in [2.24, 2.45) is 0 Å². The lowest BCUT2D eigenvalue weighted by molar-refractivity contribution is -0.384. The lowest BCUT2D eigenvalue weighted by Crippen LogP contribution is -1.95. The zero-order valence-electron chi connectivity index (χ0n) is 10.2. The van der Waals surface area contributed by atoms with Gasteiger partial charge in [-0.2, -0.15) is 0 Å². The van der Waals surface area contributed by atoms with Gasteiger partial charge in [0.25, 0.3) is 5.69 Å². The van der Waals surface area contributed by atoms with Crippen molar-refractivity contribution in [2.75, 3.05) is 12.5 Å². The Hall–Kier alpha value is -2.96. The molecule has 0 amide bonds. The molecule has 3 rings (SSSR count). The molecule has 1 heterocycles. The molecule has 2 aromatic rings. The largest absolute Gasteiger partial charge is 0.455 e. The topological polar surface area (TPSA) is 96.9 Å². The monoisotopic (exact) mass is 274 g/mol. The number of rotatable bonds is 3. The number of fused-ring (bicyclic) bond motifs is 1. The van der Waals surface area contributed by atoms with Crippen molar-refractivity contribution < 1.29 is 19.1 Å². The van der Waals surface area contributed by atoms with Crippen LogP contribution in [0.3, 0.4) is 0 Å². The van der Waals surface area contributed by atoms with E-state index in [0.717, 1.165) is 0 Å². The van der Waals surface area contributed by atoms with E-state index in [1.165, 1.54) is 18.2 Å². The standard InChI is InChI=1S/C13H10N2O5/c14-10-5-8(15(16)17)1-3-11(10)20-9-2-4-12-13(6-9)19-7-18-12/h1-6H,7,14H2. The van der Waals surface area contributed by atoms with Crippen LogP contribution in [0.1, 0.15) is 0 Å². The summed E-state index contributed by atoms with van der Waals surface area (Å²) in [7, 11) is 0. The summed E-state index contributed by atoms with van der Waals surface area (Å²) in [6.07, 6.45) is 0. The Kier molecular flexibility index (Phi) is 2.79. The average molecular weight is 274 g/mol. The van der Waals surface area contributed by atoms with Crippen molar-refractivity contribution in [1.29, 1.82) is 0 Å². The molecule has 0 radical (unpaired) electrons. The first-order valence-electron chi connectivity index (χ1n) is 5.75. The minimum Gasteiger partial charge on any atom is -0.455 e. The molecule has 0 unspecified atom stereocenters. The van der Waals surface area contributed by atoms with Crippen LogP contribution in [0.5, 0.6) is 23.0 Å². The number of nitrogen functional groups attached to an aromatic ring is 1. The first-order chi connectivity index (χ1) is 9.63. The van der Waals surface area contributed by atoms with Crippen LogP contribution in [0.25, 0.3) is 0 Å². The van der Waals surface area contributed by atoms with Crippen LogP contribution in [0.4, 0.5) is 11.4 Å². The van der Waals surface area contributed by atoms with Gasteiger partial charge in [0.1, 0.15) is 5.75 Å². The SMILES string of the molecule is Nc1cc([N+](=O)[O-])ccc1Oc1ccc2c(c1)OCO2. The van der Waals surface area contributed by atoms with Gasteiger partial charge in [0, 0.05) is 18.2 Å². The molecule has 1 aliphatic heterocycles. The van der Waals surface area contributed by atoms with E-state index in [-0.39, 0.29) is 18.2 Å². The Morgan fingerprint density at radius 3 is 2.70 bits per heavy atom. The Morgan fingerprint density at radius 1 is 1.15 bits per heavy atom. The molecule has 2 aromatic carbocycles. The molecule has 1 aliphatic rings.